The number of hydrogen-bond donors (Lipinski definition) is 2. The number of carbonyl (C=O) groups excluding carboxylic acids is 1. The van der Waals surface area contributed by atoms with Crippen molar-refractivity contribution < 1.29 is 19.4 Å². The number of nitrogens with zero attached hydrogens (tertiary/aromatic N) is 1. The van der Waals surface area contributed by atoms with Gasteiger partial charge in [0, 0.05) is 24.1 Å². The molecule has 2 rings (SSSR count). The summed E-state index contributed by atoms with van der Waals surface area (Å²) >= 11 is 0. The fourth-order valence-corrected chi connectivity index (χ4v) is 2.56. The van der Waals surface area contributed by atoms with Crippen molar-refractivity contribution in [1.82, 2.24) is 0 Å². The van der Waals surface area contributed by atoms with Crippen molar-refractivity contribution >= 4 is 11.8 Å². The molecule has 3 N–H and O–H groups in total. The number of benzene rings is 1. The number of methoxy groups -OCH3 is 1. The Morgan fingerprint density at radius 3 is 2.90 bits per heavy atom. The molecule has 0 aliphatic carbocycles. The summed E-state index contributed by atoms with van der Waals surface area (Å²) in [5, 5.41) is 10.3. The van der Waals surface area contributed by atoms with E-state index in [9.17, 15) is 9.90 Å². The third kappa shape index (κ3) is 2.44. The minimum atomic E-state index is -1.47. The summed E-state index contributed by atoms with van der Waals surface area (Å²) in [6, 6.07) is 4.78. The predicted octanol–water partition coefficient (Wildman–Crippen LogP) is 1.55. The van der Waals surface area contributed by atoms with Crippen molar-refractivity contribution in [3.63, 3.8) is 0 Å². The van der Waals surface area contributed by atoms with Crippen LogP contribution in [0.1, 0.15) is 25.8 Å². The highest BCUT2D eigenvalue weighted by Crippen LogP contribution is 2.40. The molecule has 6 heteroatoms. The number of fused-ring (bicyclic) bond motifs is 1. The van der Waals surface area contributed by atoms with Gasteiger partial charge >= 0.3 is 6.09 Å². The summed E-state index contributed by atoms with van der Waals surface area (Å²) in [7, 11) is 1.54. The highest BCUT2D eigenvalue weighted by Gasteiger charge is 2.41. The first-order valence-electron chi connectivity index (χ1n) is 6.56. The maximum atomic E-state index is 12.1. The van der Waals surface area contributed by atoms with Crippen LogP contribution < -0.4 is 15.4 Å². The molecule has 6 nitrogen and oxygen atoms in total. The van der Waals surface area contributed by atoms with Gasteiger partial charge in [0.25, 0.3) is 0 Å². The number of hydrogen-bond acceptors (Lipinski definition) is 5. The standard InChI is InChI=1S/C14H20N2O4/c1-4-20-13(17)16-9(2)8-14(15,18)11-6-5-10(19-3)7-12(11)16/h5-7,9,18H,4,8,15H2,1-3H3/t9-,14+/m0/s1. The van der Waals surface area contributed by atoms with E-state index in [0.29, 0.717) is 17.0 Å². The van der Waals surface area contributed by atoms with Crippen LogP contribution in [0.15, 0.2) is 18.2 Å². The molecule has 0 unspecified atom stereocenters. The Bertz CT molecular complexity index is 516. The van der Waals surface area contributed by atoms with Crippen LogP contribution in [0.3, 0.4) is 0 Å². The van der Waals surface area contributed by atoms with Crippen LogP contribution in [0.25, 0.3) is 0 Å². The van der Waals surface area contributed by atoms with Crippen LogP contribution in [-0.4, -0.2) is 31.0 Å². The first kappa shape index (κ1) is 14.6. The average Bonchev–Trinajstić information content (AvgIpc) is 2.37. The Kier molecular flexibility index (Phi) is 3.87. The lowest BCUT2D eigenvalue weighted by molar-refractivity contribution is 0.0225. The Balaban J connectivity index is 2.53. The summed E-state index contributed by atoms with van der Waals surface area (Å²) in [5.74, 6) is 0.586. The smallest absolute Gasteiger partial charge is 0.414 e. The summed E-state index contributed by atoms with van der Waals surface area (Å²) in [6.45, 7) is 3.85. The highest BCUT2D eigenvalue weighted by atomic mass is 16.6. The highest BCUT2D eigenvalue weighted by molar-refractivity contribution is 5.90. The third-order valence-corrected chi connectivity index (χ3v) is 3.44. The molecule has 1 aromatic rings. The van der Waals surface area contributed by atoms with Gasteiger partial charge in [-0.25, -0.2) is 4.79 Å². The van der Waals surface area contributed by atoms with E-state index in [2.05, 4.69) is 0 Å². The first-order chi connectivity index (χ1) is 9.40. The molecule has 110 valence electrons. The van der Waals surface area contributed by atoms with Crippen LogP contribution in [-0.2, 0) is 10.5 Å². The number of rotatable bonds is 2. The molecular weight excluding hydrogens is 260 g/mol. The molecule has 1 aliphatic heterocycles. The van der Waals surface area contributed by atoms with Crippen molar-refractivity contribution in [2.45, 2.75) is 32.0 Å². The van der Waals surface area contributed by atoms with Gasteiger partial charge in [0.05, 0.1) is 19.4 Å². The Morgan fingerprint density at radius 1 is 1.60 bits per heavy atom. The summed E-state index contributed by atoms with van der Waals surface area (Å²) in [5.41, 5.74) is 5.49. The number of carbonyl (C=O) groups is 1. The molecule has 2 atom stereocenters. The van der Waals surface area contributed by atoms with E-state index in [-0.39, 0.29) is 19.1 Å². The lowest BCUT2D eigenvalue weighted by Crippen LogP contribution is -2.52. The van der Waals surface area contributed by atoms with Gasteiger partial charge < -0.3 is 14.6 Å². The lowest BCUT2D eigenvalue weighted by atomic mass is 9.89. The van der Waals surface area contributed by atoms with Gasteiger partial charge in [-0.2, -0.15) is 0 Å². The fraction of sp³-hybridized carbons (Fsp3) is 0.500. The van der Waals surface area contributed by atoms with Gasteiger partial charge in [0.2, 0.25) is 0 Å². The predicted molar refractivity (Wildman–Crippen MR) is 74.7 cm³/mol. The largest absolute Gasteiger partial charge is 0.497 e. The van der Waals surface area contributed by atoms with E-state index in [1.165, 1.54) is 12.0 Å². The molecule has 1 aliphatic rings. The van der Waals surface area contributed by atoms with E-state index in [1.54, 1.807) is 25.1 Å². The van der Waals surface area contributed by atoms with E-state index < -0.39 is 11.8 Å². The van der Waals surface area contributed by atoms with E-state index in [4.69, 9.17) is 15.2 Å². The molecular formula is C14H20N2O4. The van der Waals surface area contributed by atoms with Gasteiger partial charge in [0.1, 0.15) is 11.5 Å². The van der Waals surface area contributed by atoms with Crippen molar-refractivity contribution in [2.75, 3.05) is 18.6 Å². The van der Waals surface area contributed by atoms with Gasteiger partial charge in [-0.3, -0.25) is 10.6 Å². The zero-order chi connectivity index (χ0) is 14.9. The number of nitrogens with two attached hydrogens (primary N) is 1. The van der Waals surface area contributed by atoms with Crippen molar-refractivity contribution in [3.05, 3.63) is 23.8 Å². The molecule has 1 aromatic carbocycles. The van der Waals surface area contributed by atoms with Gasteiger partial charge in [-0.05, 0) is 26.0 Å². The molecule has 1 amide bonds. The molecule has 0 spiro atoms. The first-order valence-corrected chi connectivity index (χ1v) is 6.56. The van der Waals surface area contributed by atoms with Crippen LogP contribution >= 0.6 is 0 Å². The van der Waals surface area contributed by atoms with E-state index in [0.717, 1.165) is 0 Å². The maximum absolute atomic E-state index is 12.1. The lowest BCUT2D eigenvalue weighted by Gasteiger charge is -2.41. The van der Waals surface area contributed by atoms with E-state index in [1.807, 2.05) is 6.92 Å². The quantitative estimate of drug-likeness (QED) is 0.803. The Hall–Kier alpha value is -1.79. The van der Waals surface area contributed by atoms with Crippen molar-refractivity contribution in [2.24, 2.45) is 5.73 Å². The number of ether oxygens (including phenoxy) is 2. The summed E-state index contributed by atoms with van der Waals surface area (Å²) < 4.78 is 10.2. The zero-order valence-electron chi connectivity index (χ0n) is 11.9. The molecule has 0 saturated carbocycles. The minimum absolute atomic E-state index is 0.241. The minimum Gasteiger partial charge on any atom is -0.497 e. The number of aliphatic hydroxyl groups is 1. The van der Waals surface area contributed by atoms with Crippen LogP contribution in [0.4, 0.5) is 10.5 Å². The zero-order valence-corrected chi connectivity index (χ0v) is 11.9. The second-order valence-electron chi connectivity index (χ2n) is 4.93. The summed E-state index contributed by atoms with van der Waals surface area (Å²) in [6.07, 6.45) is -0.212. The molecule has 0 fully saturated rings. The number of amides is 1. The number of anilines is 1. The molecule has 0 bridgehead atoms. The molecule has 20 heavy (non-hydrogen) atoms. The molecule has 0 saturated heterocycles. The molecule has 0 aromatic heterocycles. The fourth-order valence-electron chi connectivity index (χ4n) is 2.56. The van der Waals surface area contributed by atoms with Gasteiger partial charge in [-0.15, -0.1) is 0 Å². The molecule has 1 heterocycles. The van der Waals surface area contributed by atoms with Crippen molar-refractivity contribution in [1.29, 1.82) is 0 Å². The normalized spacial score (nSPS) is 25.1. The maximum Gasteiger partial charge on any atom is 0.414 e. The second kappa shape index (κ2) is 5.30. The SMILES string of the molecule is CCOC(=O)N1c2cc(OC)ccc2[C@](N)(O)C[C@@H]1C. The summed E-state index contributed by atoms with van der Waals surface area (Å²) in [4.78, 5) is 13.6. The van der Waals surface area contributed by atoms with Crippen molar-refractivity contribution in [3.8, 4) is 5.75 Å². The van der Waals surface area contributed by atoms with Crippen LogP contribution in [0, 0.1) is 0 Å². The molecule has 0 radical (unpaired) electrons. The van der Waals surface area contributed by atoms with Crippen LogP contribution in [0.5, 0.6) is 5.75 Å². The Labute approximate surface area is 118 Å². The third-order valence-electron chi connectivity index (χ3n) is 3.44. The topological polar surface area (TPSA) is 85.0 Å². The Morgan fingerprint density at radius 2 is 2.30 bits per heavy atom. The van der Waals surface area contributed by atoms with Gasteiger partial charge in [0.15, 0.2) is 0 Å². The van der Waals surface area contributed by atoms with E-state index >= 15 is 0 Å². The average molecular weight is 280 g/mol. The van der Waals surface area contributed by atoms with Gasteiger partial charge in [-0.1, -0.05) is 0 Å². The van der Waals surface area contributed by atoms with Crippen LogP contribution in [0.2, 0.25) is 0 Å². The second-order valence-corrected chi connectivity index (χ2v) is 4.93. The monoisotopic (exact) mass is 280 g/mol.